The van der Waals surface area contributed by atoms with Gasteiger partial charge in [-0.05, 0) is 80.6 Å². The molecule has 1 aromatic heterocycles. The van der Waals surface area contributed by atoms with Crippen LogP contribution in [0, 0.1) is 13.8 Å². The zero-order valence-corrected chi connectivity index (χ0v) is 23.0. The van der Waals surface area contributed by atoms with Crippen molar-refractivity contribution in [2.75, 3.05) is 11.4 Å². The molecule has 0 N–H and O–H groups in total. The van der Waals surface area contributed by atoms with E-state index in [0.29, 0.717) is 23.8 Å². The van der Waals surface area contributed by atoms with Gasteiger partial charge in [0.25, 0.3) is 5.91 Å². The quantitative estimate of drug-likeness (QED) is 0.291. The summed E-state index contributed by atoms with van der Waals surface area (Å²) in [5, 5.41) is 0.622. The molecular formula is C29H31N3O3S2. The van der Waals surface area contributed by atoms with Gasteiger partial charge >= 0.3 is 0 Å². The van der Waals surface area contributed by atoms with Gasteiger partial charge in [-0.25, -0.2) is 13.4 Å². The predicted octanol–water partition coefficient (Wildman–Crippen LogP) is 6.32. The lowest BCUT2D eigenvalue weighted by atomic mass is 10.1. The van der Waals surface area contributed by atoms with Crippen molar-refractivity contribution in [2.24, 2.45) is 0 Å². The molecule has 3 aromatic carbocycles. The van der Waals surface area contributed by atoms with Crippen LogP contribution in [0.3, 0.4) is 0 Å². The fraction of sp³-hybridized carbons (Fsp3) is 0.310. The Kier molecular flexibility index (Phi) is 7.16. The molecule has 2 heterocycles. The van der Waals surface area contributed by atoms with Gasteiger partial charge in [-0.1, -0.05) is 54.2 Å². The minimum Gasteiger partial charge on any atom is -0.279 e. The first-order valence-electron chi connectivity index (χ1n) is 12.6. The lowest BCUT2D eigenvalue weighted by Crippen LogP contribution is -2.41. The maximum Gasteiger partial charge on any atom is 0.260 e. The van der Waals surface area contributed by atoms with Gasteiger partial charge in [0.15, 0.2) is 5.13 Å². The number of fused-ring (bicyclic) bond motifs is 1. The van der Waals surface area contributed by atoms with Gasteiger partial charge in [0.05, 0.1) is 21.7 Å². The van der Waals surface area contributed by atoms with E-state index in [0.717, 1.165) is 46.2 Å². The van der Waals surface area contributed by atoms with Crippen molar-refractivity contribution in [3.63, 3.8) is 0 Å². The summed E-state index contributed by atoms with van der Waals surface area (Å²) < 4.78 is 29.1. The van der Waals surface area contributed by atoms with Gasteiger partial charge in [0.2, 0.25) is 10.0 Å². The molecule has 1 fully saturated rings. The Hall–Kier alpha value is -3.07. The Labute approximate surface area is 222 Å². The van der Waals surface area contributed by atoms with Gasteiger partial charge in [-0.15, -0.1) is 0 Å². The van der Waals surface area contributed by atoms with Crippen molar-refractivity contribution in [1.82, 2.24) is 9.29 Å². The maximum absolute atomic E-state index is 13.8. The highest BCUT2D eigenvalue weighted by Gasteiger charge is 2.31. The largest absolute Gasteiger partial charge is 0.279 e. The predicted molar refractivity (Wildman–Crippen MR) is 150 cm³/mol. The Bertz CT molecular complexity index is 1530. The highest BCUT2D eigenvalue weighted by atomic mass is 32.2. The monoisotopic (exact) mass is 533 g/mol. The maximum atomic E-state index is 13.8. The number of rotatable bonds is 6. The van der Waals surface area contributed by atoms with Crippen molar-refractivity contribution in [1.29, 1.82) is 0 Å². The minimum absolute atomic E-state index is 0.0208. The summed E-state index contributed by atoms with van der Waals surface area (Å²) in [7, 11) is -3.60. The molecular weight excluding hydrogens is 502 g/mol. The number of anilines is 1. The number of thiazole rings is 1. The van der Waals surface area contributed by atoms with E-state index >= 15 is 0 Å². The first-order valence-corrected chi connectivity index (χ1v) is 14.9. The number of benzene rings is 3. The van der Waals surface area contributed by atoms with Gasteiger partial charge in [-0.3, -0.25) is 9.69 Å². The van der Waals surface area contributed by atoms with E-state index in [1.807, 2.05) is 50.2 Å². The zero-order chi connectivity index (χ0) is 26.2. The molecule has 1 unspecified atom stereocenters. The molecule has 5 rings (SSSR count). The number of amides is 1. The molecule has 4 aromatic rings. The number of hydrogen-bond acceptors (Lipinski definition) is 5. The van der Waals surface area contributed by atoms with Gasteiger partial charge in [-0.2, -0.15) is 4.31 Å². The molecule has 0 bridgehead atoms. The second kappa shape index (κ2) is 10.4. The van der Waals surface area contributed by atoms with Gasteiger partial charge in [0, 0.05) is 18.2 Å². The molecule has 0 aliphatic carbocycles. The van der Waals surface area contributed by atoms with E-state index in [2.05, 4.69) is 13.0 Å². The molecule has 1 saturated heterocycles. The van der Waals surface area contributed by atoms with Crippen LogP contribution in [0.4, 0.5) is 5.13 Å². The van der Waals surface area contributed by atoms with Crippen molar-refractivity contribution < 1.29 is 13.2 Å². The molecule has 1 aliphatic rings. The van der Waals surface area contributed by atoms with E-state index in [4.69, 9.17) is 4.98 Å². The highest BCUT2D eigenvalue weighted by Crippen LogP contribution is 2.34. The van der Waals surface area contributed by atoms with Crippen LogP contribution in [0.5, 0.6) is 0 Å². The van der Waals surface area contributed by atoms with Crippen molar-refractivity contribution >= 4 is 42.6 Å². The van der Waals surface area contributed by atoms with E-state index in [9.17, 15) is 13.2 Å². The summed E-state index contributed by atoms with van der Waals surface area (Å²) in [5.41, 5.74) is 4.58. The summed E-state index contributed by atoms with van der Waals surface area (Å²) in [6.07, 6.45) is 2.78. The third-order valence-electron chi connectivity index (χ3n) is 7.18. The van der Waals surface area contributed by atoms with Crippen LogP contribution in [0.25, 0.3) is 10.2 Å². The summed E-state index contributed by atoms with van der Waals surface area (Å²) in [4.78, 5) is 20.6. The van der Waals surface area contributed by atoms with Crippen LogP contribution in [0.15, 0.2) is 71.6 Å². The number of carbonyl (C=O) groups excluding carboxylic acids is 1. The number of aryl methyl sites for hydroxylation is 2. The van der Waals surface area contributed by atoms with Crippen LogP contribution < -0.4 is 4.90 Å². The summed E-state index contributed by atoms with van der Waals surface area (Å²) >= 11 is 1.49. The summed E-state index contributed by atoms with van der Waals surface area (Å²) in [6.45, 7) is 6.96. The average Bonchev–Trinajstić information content (AvgIpc) is 3.35. The fourth-order valence-corrected chi connectivity index (χ4v) is 7.53. The number of hydrogen-bond donors (Lipinski definition) is 0. The van der Waals surface area contributed by atoms with Crippen LogP contribution in [0.1, 0.15) is 53.2 Å². The van der Waals surface area contributed by atoms with Crippen LogP contribution in [-0.2, 0) is 16.6 Å². The SMILES string of the molecule is Cc1ccc2sc(N(Cc3ccccc3)C(=O)c3ccc(S(=O)(=O)N4CCCCC4C)cc3)nc2c1C. The first kappa shape index (κ1) is 25.6. The molecule has 0 radical (unpaired) electrons. The number of nitrogens with zero attached hydrogens (tertiary/aromatic N) is 3. The van der Waals surface area contributed by atoms with Crippen molar-refractivity contribution in [2.45, 2.75) is 57.5 Å². The van der Waals surface area contributed by atoms with E-state index < -0.39 is 10.0 Å². The number of sulfonamides is 1. The lowest BCUT2D eigenvalue weighted by molar-refractivity contribution is 0.0985. The second-order valence-corrected chi connectivity index (χ2v) is 12.6. The highest BCUT2D eigenvalue weighted by molar-refractivity contribution is 7.89. The second-order valence-electron chi connectivity index (χ2n) is 9.71. The molecule has 1 aliphatic heterocycles. The third-order valence-corrected chi connectivity index (χ3v) is 10.3. The van der Waals surface area contributed by atoms with Crippen molar-refractivity contribution in [3.05, 3.63) is 89.0 Å². The topological polar surface area (TPSA) is 70.6 Å². The summed E-state index contributed by atoms with van der Waals surface area (Å²) in [5.74, 6) is -0.215. The average molecular weight is 534 g/mol. The van der Waals surface area contributed by atoms with Crippen LogP contribution in [-0.4, -0.2) is 36.2 Å². The Balaban J connectivity index is 1.49. The van der Waals surface area contributed by atoms with E-state index in [1.54, 1.807) is 33.5 Å². The lowest BCUT2D eigenvalue weighted by Gasteiger charge is -2.32. The normalized spacial score (nSPS) is 16.7. The minimum atomic E-state index is -3.60. The number of carbonyl (C=O) groups is 1. The molecule has 8 heteroatoms. The molecule has 6 nitrogen and oxygen atoms in total. The molecule has 1 amide bonds. The van der Waals surface area contributed by atoms with Crippen LogP contribution in [0.2, 0.25) is 0 Å². The zero-order valence-electron chi connectivity index (χ0n) is 21.3. The first-order chi connectivity index (χ1) is 17.8. The fourth-order valence-electron chi connectivity index (χ4n) is 4.81. The van der Waals surface area contributed by atoms with Crippen LogP contribution >= 0.6 is 11.3 Å². The Morgan fingerprint density at radius 2 is 1.76 bits per heavy atom. The number of aromatic nitrogens is 1. The molecule has 0 spiro atoms. The van der Waals surface area contributed by atoms with Gasteiger partial charge in [0.1, 0.15) is 0 Å². The molecule has 37 heavy (non-hydrogen) atoms. The van der Waals surface area contributed by atoms with E-state index in [-0.39, 0.29) is 16.8 Å². The van der Waals surface area contributed by atoms with Crippen molar-refractivity contribution in [3.8, 4) is 0 Å². The van der Waals surface area contributed by atoms with E-state index in [1.165, 1.54) is 11.3 Å². The smallest absolute Gasteiger partial charge is 0.260 e. The molecule has 192 valence electrons. The Morgan fingerprint density at radius 1 is 1.03 bits per heavy atom. The third kappa shape index (κ3) is 5.06. The summed E-state index contributed by atoms with van der Waals surface area (Å²) in [6, 6.07) is 20.3. The number of piperidine rings is 1. The molecule has 0 saturated carbocycles. The Morgan fingerprint density at radius 3 is 2.46 bits per heavy atom. The standard InChI is InChI=1S/C29H31N3O3S2/c1-20-12-17-26-27(22(20)3)30-29(36-26)31(19-23-10-5-4-6-11-23)28(33)24-13-15-25(16-14-24)37(34,35)32-18-8-7-9-21(32)2/h4-6,10-17,21H,7-9,18-19H2,1-3H3. The molecule has 1 atom stereocenters. The van der Waals surface area contributed by atoms with Gasteiger partial charge < -0.3 is 0 Å².